The SMILES string of the molecule is COCCCC[C@@H](O)Cn1cc2c(n1)CCc1c-2sc2ncnc(Nc3ccc(OCc4cccc(F)c4)c(Cl)c3)c12.O=C(O)C(F)(F)F. The van der Waals surface area contributed by atoms with Crippen molar-refractivity contribution in [2.24, 2.45) is 0 Å². The van der Waals surface area contributed by atoms with Crippen molar-refractivity contribution in [3.63, 3.8) is 0 Å². The van der Waals surface area contributed by atoms with Gasteiger partial charge < -0.3 is 25.0 Å². The minimum Gasteiger partial charge on any atom is -0.487 e. The Morgan fingerprint density at radius 2 is 1.96 bits per heavy atom. The number of hydrogen-bond acceptors (Lipinski definition) is 9. The highest BCUT2D eigenvalue weighted by molar-refractivity contribution is 7.22. The van der Waals surface area contributed by atoms with Gasteiger partial charge in [0.25, 0.3) is 0 Å². The lowest BCUT2D eigenvalue weighted by Gasteiger charge is -2.13. The number of carbonyl (C=O) groups is 1. The smallest absolute Gasteiger partial charge is 0.487 e. The number of nitrogens with zero attached hydrogens (tertiary/aromatic N) is 4. The minimum atomic E-state index is -5.08. The van der Waals surface area contributed by atoms with Gasteiger partial charge in [-0.1, -0.05) is 23.7 Å². The van der Waals surface area contributed by atoms with E-state index in [-0.39, 0.29) is 12.4 Å². The lowest BCUT2D eigenvalue weighted by atomic mass is 9.95. The quantitative estimate of drug-likeness (QED) is 0.0881. The van der Waals surface area contributed by atoms with Gasteiger partial charge in [0.1, 0.15) is 35.1 Å². The molecule has 3 aromatic heterocycles. The molecule has 10 nitrogen and oxygen atoms in total. The number of benzene rings is 2. The molecule has 2 aromatic carbocycles. The number of aliphatic hydroxyl groups is 1. The Bertz CT molecular complexity index is 1920. The standard InChI is InChI=1S/C31H31ClFN5O3S.C2HF3O2/c1-40-12-3-2-7-22(39)15-38-16-24-26(37-38)10-9-23-28-30(34-18-35-31(28)42-29(23)24)36-21-8-11-27(25(32)14-21)41-17-19-5-4-6-20(33)13-19;3-2(4,5)1(6)7/h4-6,8,11,13-14,16,18,22,39H,2-3,7,9-10,12,15,17H2,1H3,(H,34,35,36);(H,6,7)/t22-;/m1./s1. The van der Waals surface area contributed by atoms with Crippen molar-refractivity contribution < 1.29 is 42.0 Å². The number of thiophene rings is 1. The molecule has 0 radical (unpaired) electrons. The number of carboxylic acid groups (broad SMARTS) is 1. The highest BCUT2D eigenvalue weighted by atomic mass is 35.5. The van der Waals surface area contributed by atoms with Crippen LogP contribution in [0.2, 0.25) is 5.02 Å². The first-order chi connectivity index (χ1) is 23.4. The molecule has 3 heterocycles. The molecule has 3 N–H and O–H groups in total. The number of halogens is 5. The van der Waals surface area contributed by atoms with Crippen LogP contribution in [0.25, 0.3) is 20.7 Å². The van der Waals surface area contributed by atoms with Crippen LogP contribution in [-0.4, -0.2) is 61.9 Å². The summed E-state index contributed by atoms with van der Waals surface area (Å²) in [6.07, 6.45) is 2.29. The lowest BCUT2D eigenvalue weighted by Crippen LogP contribution is -2.21. The van der Waals surface area contributed by atoms with Crippen LogP contribution in [0.4, 0.5) is 29.1 Å². The third-order valence-electron chi connectivity index (χ3n) is 7.54. The average Bonchev–Trinajstić information content (AvgIpc) is 3.64. The van der Waals surface area contributed by atoms with Crippen molar-refractivity contribution >= 4 is 50.6 Å². The predicted molar refractivity (Wildman–Crippen MR) is 177 cm³/mol. The second kappa shape index (κ2) is 15.9. The number of aliphatic hydroxyl groups excluding tert-OH is 1. The number of rotatable bonds is 12. The second-order valence-electron chi connectivity index (χ2n) is 11.2. The number of hydrogen-bond donors (Lipinski definition) is 3. The van der Waals surface area contributed by atoms with E-state index in [0.29, 0.717) is 29.7 Å². The van der Waals surface area contributed by atoms with E-state index >= 15 is 0 Å². The minimum absolute atomic E-state index is 0.212. The van der Waals surface area contributed by atoms with Crippen LogP contribution >= 0.6 is 22.9 Å². The summed E-state index contributed by atoms with van der Waals surface area (Å²) in [5, 5.41) is 27.3. The van der Waals surface area contributed by atoms with Crippen LogP contribution in [0, 0.1) is 5.82 Å². The summed E-state index contributed by atoms with van der Waals surface area (Å²) < 4.78 is 58.0. The monoisotopic (exact) mass is 721 g/mol. The van der Waals surface area contributed by atoms with E-state index in [1.54, 1.807) is 49.0 Å². The van der Waals surface area contributed by atoms with Crippen molar-refractivity contribution in [2.75, 3.05) is 19.0 Å². The van der Waals surface area contributed by atoms with E-state index in [1.807, 2.05) is 16.9 Å². The Morgan fingerprint density at radius 1 is 1.16 bits per heavy atom. The molecule has 1 aliphatic carbocycles. The molecule has 0 amide bonds. The van der Waals surface area contributed by atoms with Gasteiger partial charge in [-0.2, -0.15) is 18.3 Å². The predicted octanol–water partition coefficient (Wildman–Crippen LogP) is 7.58. The molecule has 49 heavy (non-hydrogen) atoms. The fourth-order valence-corrected chi connectivity index (χ4v) is 6.73. The number of alkyl halides is 3. The fourth-order valence-electron chi connectivity index (χ4n) is 5.27. The van der Waals surface area contributed by atoms with E-state index in [0.717, 1.165) is 69.7 Å². The maximum absolute atomic E-state index is 13.5. The van der Waals surface area contributed by atoms with Gasteiger partial charge in [-0.25, -0.2) is 19.2 Å². The fraction of sp³-hybridized carbons (Fsp3) is 0.333. The maximum Gasteiger partial charge on any atom is 0.490 e. The van der Waals surface area contributed by atoms with Crippen LogP contribution in [-0.2, 0) is 35.5 Å². The summed E-state index contributed by atoms with van der Waals surface area (Å²) in [7, 11) is 1.69. The first-order valence-electron chi connectivity index (χ1n) is 15.2. The summed E-state index contributed by atoms with van der Waals surface area (Å²) in [6.45, 7) is 1.39. The van der Waals surface area contributed by atoms with Gasteiger partial charge in [0.05, 0.1) is 28.8 Å². The number of methoxy groups -OCH3 is 1. The van der Waals surface area contributed by atoms with Gasteiger partial charge in [-0.15, -0.1) is 11.3 Å². The second-order valence-corrected chi connectivity index (χ2v) is 12.6. The summed E-state index contributed by atoms with van der Waals surface area (Å²) in [5.41, 5.74) is 4.83. The molecule has 5 aromatic rings. The van der Waals surface area contributed by atoms with E-state index in [1.165, 1.54) is 17.7 Å². The largest absolute Gasteiger partial charge is 0.490 e. The van der Waals surface area contributed by atoms with Gasteiger partial charge in [0.15, 0.2) is 0 Å². The summed E-state index contributed by atoms with van der Waals surface area (Å²) in [5.74, 6) is -1.84. The van der Waals surface area contributed by atoms with E-state index in [2.05, 4.69) is 15.3 Å². The Hall–Kier alpha value is -4.31. The molecule has 6 rings (SSSR count). The van der Waals surface area contributed by atoms with Crippen molar-refractivity contribution in [3.8, 4) is 16.2 Å². The van der Waals surface area contributed by atoms with Gasteiger partial charge in [-0.05, 0) is 73.6 Å². The highest BCUT2D eigenvalue weighted by Gasteiger charge is 2.38. The third kappa shape index (κ3) is 9.23. The van der Waals surface area contributed by atoms with Crippen LogP contribution in [0.5, 0.6) is 5.75 Å². The molecule has 0 saturated carbocycles. The van der Waals surface area contributed by atoms with Gasteiger partial charge in [0, 0.05) is 36.0 Å². The highest BCUT2D eigenvalue weighted by Crippen LogP contribution is 2.45. The number of aromatic nitrogens is 4. The number of aryl methyl sites for hydroxylation is 2. The zero-order valence-corrected chi connectivity index (χ0v) is 27.7. The molecule has 0 bridgehead atoms. The molecule has 16 heteroatoms. The molecule has 260 valence electrons. The Balaban J connectivity index is 0.000000606. The van der Waals surface area contributed by atoms with Crippen molar-refractivity contribution in [1.29, 1.82) is 0 Å². The van der Waals surface area contributed by atoms with E-state index in [9.17, 15) is 22.7 Å². The zero-order valence-electron chi connectivity index (χ0n) is 26.1. The number of carboxylic acids is 1. The molecule has 0 unspecified atom stereocenters. The van der Waals surface area contributed by atoms with Gasteiger partial charge in [0.2, 0.25) is 0 Å². The average molecular weight is 722 g/mol. The summed E-state index contributed by atoms with van der Waals surface area (Å²) in [4.78, 5) is 20.1. The topological polar surface area (TPSA) is 132 Å². The molecule has 1 atom stereocenters. The molecular weight excluding hydrogens is 690 g/mol. The Morgan fingerprint density at radius 3 is 2.67 bits per heavy atom. The molecule has 0 aliphatic heterocycles. The maximum atomic E-state index is 13.5. The van der Waals surface area contributed by atoms with Crippen molar-refractivity contribution in [2.45, 2.75) is 57.5 Å². The molecule has 1 aliphatic rings. The van der Waals surface area contributed by atoms with Crippen molar-refractivity contribution in [3.05, 3.63) is 82.6 Å². The number of unbranched alkanes of at least 4 members (excludes halogenated alkanes) is 1. The lowest BCUT2D eigenvalue weighted by molar-refractivity contribution is -0.192. The normalized spacial score (nSPS) is 12.9. The number of ether oxygens (including phenoxy) is 2. The van der Waals surface area contributed by atoms with E-state index in [4.69, 9.17) is 36.1 Å². The Kier molecular flexibility index (Phi) is 11.7. The van der Waals surface area contributed by atoms with Crippen molar-refractivity contribution in [1.82, 2.24) is 19.7 Å². The van der Waals surface area contributed by atoms with Crippen LogP contribution in [0.1, 0.15) is 36.1 Å². The summed E-state index contributed by atoms with van der Waals surface area (Å²) >= 11 is 8.18. The van der Waals surface area contributed by atoms with Crippen LogP contribution in [0.3, 0.4) is 0 Å². The van der Waals surface area contributed by atoms with Crippen LogP contribution in [0.15, 0.2) is 55.0 Å². The van der Waals surface area contributed by atoms with Gasteiger partial charge in [-0.3, -0.25) is 4.68 Å². The molecule has 0 fully saturated rings. The van der Waals surface area contributed by atoms with E-state index < -0.39 is 18.2 Å². The van der Waals surface area contributed by atoms with Crippen LogP contribution < -0.4 is 10.1 Å². The first kappa shape index (κ1) is 36.0. The summed E-state index contributed by atoms with van der Waals surface area (Å²) in [6, 6.07) is 11.8. The zero-order chi connectivity index (χ0) is 35.1. The molecule has 0 saturated heterocycles. The number of anilines is 2. The number of fused-ring (bicyclic) bond motifs is 5. The third-order valence-corrected chi connectivity index (χ3v) is 9.00. The number of nitrogens with one attached hydrogen (secondary N) is 1. The Labute approximate surface area is 287 Å². The molecular formula is C33H32ClF4N5O5S. The van der Waals surface area contributed by atoms with Gasteiger partial charge >= 0.3 is 12.1 Å². The number of aliphatic carboxylic acids is 1. The first-order valence-corrected chi connectivity index (χ1v) is 16.4. The molecule has 0 spiro atoms.